The highest BCUT2D eigenvalue weighted by atomic mass is 16.3. The SMILES string of the molecule is OC(CCNC1=NCCN1)c1ccccc1. The summed E-state index contributed by atoms with van der Waals surface area (Å²) in [7, 11) is 0. The first-order valence-electron chi connectivity index (χ1n) is 5.61. The Morgan fingerprint density at radius 3 is 2.88 bits per heavy atom. The summed E-state index contributed by atoms with van der Waals surface area (Å²) < 4.78 is 0. The largest absolute Gasteiger partial charge is 0.388 e. The summed E-state index contributed by atoms with van der Waals surface area (Å²) >= 11 is 0. The fraction of sp³-hybridized carbons (Fsp3) is 0.417. The summed E-state index contributed by atoms with van der Waals surface area (Å²) in [5.74, 6) is 0.847. The molecular formula is C12H17N3O. The zero-order valence-corrected chi connectivity index (χ0v) is 9.19. The van der Waals surface area contributed by atoms with Gasteiger partial charge in [-0.05, 0) is 12.0 Å². The molecule has 4 nitrogen and oxygen atoms in total. The van der Waals surface area contributed by atoms with Crippen LogP contribution in [0.4, 0.5) is 0 Å². The van der Waals surface area contributed by atoms with E-state index in [1.807, 2.05) is 30.3 Å². The fourth-order valence-electron chi connectivity index (χ4n) is 1.69. The van der Waals surface area contributed by atoms with Crippen LogP contribution in [0.1, 0.15) is 18.1 Å². The Balaban J connectivity index is 1.73. The first-order valence-corrected chi connectivity index (χ1v) is 5.61. The van der Waals surface area contributed by atoms with Crippen molar-refractivity contribution in [2.24, 2.45) is 4.99 Å². The van der Waals surface area contributed by atoms with Gasteiger partial charge in [0.2, 0.25) is 0 Å². The minimum atomic E-state index is -0.407. The third-order valence-corrected chi connectivity index (χ3v) is 2.57. The molecule has 0 radical (unpaired) electrons. The molecule has 1 aliphatic rings. The molecule has 4 heteroatoms. The summed E-state index contributed by atoms with van der Waals surface area (Å²) in [4.78, 5) is 4.22. The van der Waals surface area contributed by atoms with E-state index in [4.69, 9.17) is 0 Å². The second-order valence-electron chi connectivity index (χ2n) is 3.80. The van der Waals surface area contributed by atoms with Crippen molar-refractivity contribution in [3.63, 3.8) is 0 Å². The van der Waals surface area contributed by atoms with Gasteiger partial charge < -0.3 is 15.7 Å². The highest BCUT2D eigenvalue weighted by Crippen LogP contribution is 2.14. The Hall–Kier alpha value is -1.55. The van der Waals surface area contributed by atoms with E-state index in [1.54, 1.807) is 0 Å². The molecule has 0 saturated heterocycles. The Bertz CT molecular complexity index is 351. The maximum atomic E-state index is 9.89. The molecule has 0 amide bonds. The second kappa shape index (κ2) is 5.51. The lowest BCUT2D eigenvalue weighted by atomic mass is 10.1. The molecule has 16 heavy (non-hydrogen) atoms. The van der Waals surface area contributed by atoms with Gasteiger partial charge in [0.1, 0.15) is 0 Å². The molecule has 3 N–H and O–H groups in total. The van der Waals surface area contributed by atoms with Crippen LogP contribution in [0.15, 0.2) is 35.3 Å². The maximum absolute atomic E-state index is 9.89. The molecule has 1 heterocycles. The highest BCUT2D eigenvalue weighted by Gasteiger charge is 2.08. The first-order chi connectivity index (χ1) is 7.86. The van der Waals surface area contributed by atoms with Crippen LogP contribution in [0.5, 0.6) is 0 Å². The van der Waals surface area contributed by atoms with Crippen LogP contribution >= 0.6 is 0 Å². The second-order valence-corrected chi connectivity index (χ2v) is 3.80. The molecule has 0 spiro atoms. The van der Waals surface area contributed by atoms with E-state index in [0.717, 1.165) is 31.2 Å². The van der Waals surface area contributed by atoms with Crippen molar-refractivity contribution in [2.45, 2.75) is 12.5 Å². The van der Waals surface area contributed by atoms with Crippen LogP contribution in [-0.4, -0.2) is 30.7 Å². The summed E-state index contributed by atoms with van der Waals surface area (Å²) in [6.45, 7) is 2.47. The summed E-state index contributed by atoms with van der Waals surface area (Å²) in [6, 6.07) is 9.71. The molecule has 1 aromatic carbocycles. The maximum Gasteiger partial charge on any atom is 0.191 e. The Morgan fingerprint density at radius 1 is 1.38 bits per heavy atom. The molecule has 1 aromatic rings. The third-order valence-electron chi connectivity index (χ3n) is 2.57. The van der Waals surface area contributed by atoms with Crippen molar-refractivity contribution in [1.29, 1.82) is 0 Å². The van der Waals surface area contributed by atoms with Gasteiger partial charge in [-0.2, -0.15) is 0 Å². The topological polar surface area (TPSA) is 56.6 Å². The number of guanidine groups is 1. The lowest BCUT2D eigenvalue weighted by Gasteiger charge is -2.12. The molecule has 0 aromatic heterocycles. The summed E-state index contributed by atoms with van der Waals surface area (Å²) in [5.41, 5.74) is 0.964. The minimum Gasteiger partial charge on any atom is -0.388 e. The van der Waals surface area contributed by atoms with Crippen molar-refractivity contribution in [3.8, 4) is 0 Å². The van der Waals surface area contributed by atoms with Gasteiger partial charge in [-0.15, -0.1) is 0 Å². The van der Waals surface area contributed by atoms with Crippen molar-refractivity contribution < 1.29 is 5.11 Å². The van der Waals surface area contributed by atoms with Crippen molar-refractivity contribution in [2.75, 3.05) is 19.6 Å². The zero-order valence-electron chi connectivity index (χ0n) is 9.19. The smallest absolute Gasteiger partial charge is 0.191 e. The molecular weight excluding hydrogens is 202 g/mol. The molecule has 2 rings (SSSR count). The molecule has 1 atom stereocenters. The Morgan fingerprint density at radius 2 is 2.19 bits per heavy atom. The van der Waals surface area contributed by atoms with Gasteiger partial charge in [0.05, 0.1) is 12.6 Å². The summed E-state index contributed by atoms with van der Waals surface area (Å²) in [6.07, 6.45) is 0.278. The standard InChI is InChI=1S/C12H17N3O/c16-11(10-4-2-1-3-5-10)6-7-13-12-14-8-9-15-12/h1-5,11,16H,6-9H2,(H2,13,14,15). The van der Waals surface area contributed by atoms with Crippen LogP contribution in [0.3, 0.4) is 0 Å². The van der Waals surface area contributed by atoms with Gasteiger partial charge in [-0.1, -0.05) is 30.3 Å². The van der Waals surface area contributed by atoms with Crippen LogP contribution < -0.4 is 10.6 Å². The quantitative estimate of drug-likeness (QED) is 0.697. The van der Waals surface area contributed by atoms with Gasteiger partial charge in [-0.3, -0.25) is 4.99 Å². The summed E-state index contributed by atoms with van der Waals surface area (Å²) in [5, 5.41) is 16.2. The number of benzene rings is 1. The van der Waals surface area contributed by atoms with E-state index in [-0.39, 0.29) is 0 Å². The molecule has 1 unspecified atom stereocenters. The lowest BCUT2D eigenvalue weighted by Crippen LogP contribution is -2.34. The van der Waals surface area contributed by atoms with Gasteiger partial charge in [-0.25, -0.2) is 0 Å². The molecule has 0 bridgehead atoms. The number of hydrogen-bond acceptors (Lipinski definition) is 4. The number of nitrogens with zero attached hydrogens (tertiary/aromatic N) is 1. The van der Waals surface area contributed by atoms with E-state index in [1.165, 1.54) is 0 Å². The van der Waals surface area contributed by atoms with Crippen LogP contribution in [0.2, 0.25) is 0 Å². The zero-order chi connectivity index (χ0) is 11.2. The van der Waals surface area contributed by atoms with Gasteiger partial charge in [0, 0.05) is 13.1 Å². The number of nitrogens with one attached hydrogen (secondary N) is 2. The average molecular weight is 219 g/mol. The van der Waals surface area contributed by atoms with E-state index in [9.17, 15) is 5.11 Å². The fourth-order valence-corrected chi connectivity index (χ4v) is 1.69. The predicted molar refractivity (Wildman–Crippen MR) is 64.3 cm³/mol. The highest BCUT2D eigenvalue weighted by molar-refractivity contribution is 5.81. The van der Waals surface area contributed by atoms with Crippen LogP contribution in [0.25, 0.3) is 0 Å². The number of aliphatic hydroxyl groups is 1. The number of aliphatic hydroxyl groups excluding tert-OH is 1. The molecule has 86 valence electrons. The molecule has 0 aliphatic carbocycles. The van der Waals surface area contributed by atoms with Gasteiger partial charge in [0.25, 0.3) is 0 Å². The molecule has 1 aliphatic heterocycles. The first kappa shape index (κ1) is 11.0. The monoisotopic (exact) mass is 219 g/mol. The third kappa shape index (κ3) is 2.97. The van der Waals surface area contributed by atoms with Gasteiger partial charge >= 0.3 is 0 Å². The van der Waals surface area contributed by atoms with E-state index >= 15 is 0 Å². The molecule has 0 fully saturated rings. The average Bonchev–Trinajstić information content (AvgIpc) is 2.83. The Kier molecular flexibility index (Phi) is 3.77. The van der Waals surface area contributed by atoms with E-state index < -0.39 is 6.10 Å². The van der Waals surface area contributed by atoms with Crippen molar-refractivity contribution >= 4 is 5.96 Å². The van der Waals surface area contributed by atoms with E-state index in [2.05, 4.69) is 15.6 Å². The van der Waals surface area contributed by atoms with Crippen LogP contribution in [-0.2, 0) is 0 Å². The van der Waals surface area contributed by atoms with Crippen LogP contribution in [0, 0.1) is 0 Å². The van der Waals surface area contributed by atoms with E-state index in [0.29, 0.717) is 6.42 Å². The van der Waals surface area contributed by atoms with Gasteiger partial charge in [0.15, 0.2) is 5.96 Å². The molecule has 0 saturated carbocycles. The lowest BCUT2D eigenvalue weighted by molar-refractivity contribution is 0.168. The number of hydrogen-bond donors (Lipinski definition) is 3. The van der Waals surface area contributed by atoms with Crippen molar-refractivity contribution in [1.82, 2.24) is 10.6 Å². The number of rotatable bonds is 4. The predicted octanol–water partition coefficient (Wildman–Crippen LogP) is 0.659. The minimum absolute atomic E-state index is 0.407. The van der Waals surface area contributed by atoms with Crippen molar-refractivity contribution in [3.05, 3.63) is 35.9 Å². The Labute approximate surface area is 95.4 Å². The number of aliphatic imine (C=N–C) groups is 1. The normalized spacial score (nSPS) is 16.4.